The van der Waals surface area contributed by atoms with Crippen LogP contribution in [0.4, 0.5) is 5.69 Å². The standard InChI is InChI=1S/C29H33N3O3S/c1-19-6-9-25(20(2)14-19)31-29(36)32(18-21-7-11-27(34-4)28(15-21)35-5)13-12-22-17-30-26-10-8-23(33-3)16-24(22)26/h6-11,14-17,30H,12-13,18H2,1-5H3,(H,31,36). The van der Waals surface area contributed by atoms with Gasteiger partial charge in [-0.15, -0.1) is 0 Å². The van der Waals surface area contributed by atoms with Crippen LogP contribution >= 0.6 is 12.2 Å². The van der Waals surface area contributed by atoms with Gasteiger partial charge < -0.3 is 29.4 Å². The lowest BCUT2D eigenvalue weighted by molar-refractivity contribution is 0.353. The van der Waals surface area contributed by atoms with Gasteiger partial charge in [-0.1, -0.05) is 23.8 Å². The van der Waals surface area contributed by atoms with Gasteiger partial charge in [-0.3, -0.25) is 0 Å². The topological polar surface area (TPSA) is 58.8 Å². The molecule has 0 saturated heterocycles. The molecule has 2 N–H and O–H groups in total. The van der Waals surface area contributed by atoms with Crippen molar-refractivity contribution in [2.75, 3.05) is 33.2 Å². The van der Waals surface area contributed by atoms with E-state index in [9.17, 15) is 0 Å². The summed E-state index contributed by atoms with van der Waals surface area (Å²) in [6.45, 7) is 5.54. The van der Waals surface area contributed by atoms with Crippen molar-refractivity contribution in [1.29, 1.82) is 0 Å². The highest BCUT2D eigenvalue weighted by Crippen LogP contribution is 2.29. The highest BCUT2D eigenvalue weighted by molar-refractivity contribution is 7.80. The van der Waals surface area contributed by atoms with E-state index >= 15 is 0 Å². The van der Waals surface area contributed by atoms with Gasteiger partial charge in [0.25, 0.3) is 0 Å². The van der Waals surface area contributed by atoms with Crippen LogP contribution in [0, 0.1) is 13.8 Å². The Morgan fingerprint density at radius 1 is 0.917 bits per heavy atom. The molecular formula is C29H33N3O3S. The van der Waals surface area contributed by atoms with E-state index in [4.69, 9.17) is 26.4 Å². The van der Waals surface area contributed by atoms with E-state index in [1.807, 2.05) is 30.3 Å². The number of methoxy groups -OCH3 is 3. The maximum Gasteiger partial charge on any atom is 0.173 e. The quantitative estimate of drug-likeness (QED) is 0.263. The number of ether oxygens (including phenoxy) is 3. The molecule has 4 rings (SSSR count). The number of aromatic nitrogens is 1. The van der Waals surface area contributed by atoms with Crippen molar-refractivity contribution in [1.82, 2.24) is 9.88 Å². The highest BCUT2D eigenvalue weighted by atomic mass is 32.1. The third kappa shape index (κ3) is 5.74. The molecule has 0 fully saturated rings. The zero-order valence-electron chi connectivity index (χ0n) is 21.5. The number of anilines is 1. The summed E-state index contributed by atoms with van der Waals surface area (Å²) in [5.41, 5.74) is 6.79. The zero-order chi connectivity index (χ0) is 25.7. The fourth-order valence-corrected chi connectivity index (χ4v) is 4.61. The molecule has 0 unspecified atom stereocenters. The van der Waals surface area contributed by atoms with Crippen LogP contribution in [0.2, 0.25) is 0 Å². The summed E-state index contributed by atoms with van der Waals surface area (Å²) in [5, 5.41) is 5.30. The van der Waals surface area contributed by atoms with Crippen LogP contribution in [-0.2, 0) is 13.0 Å². The number of hydrogen-bond donors (Lipinski definition) is 2. The maximum absolute atomic E-state index is 5.92. The summed E-state index contributed by atoms with van der Waals surface area (Å²) in [7, 11) is 4.98. The molecule has 0 radical (unpaired) electrons. The third-order valence-electron chi connectivity index (χ3n) is 6.36. The molecule has 0 bridgehead atoms. The number of nitrogens with one attached hydrogen (secondary N) is 2. The van der Waals surface area contributed by atoms with Gasteiger partial charge in [-0.2, -0.15) is 0 Å². The lowest BCUT2D eigenvalue weighted by atomic mass is 10.1. The van der Waals surface area contributed by atoms with Crippen molar-refractivity contribution in [2.24, 2.45) is 0 Å². The molecule has 7 heteroatoms. The first-order valence-corrected chi connectivity index (χ1v) is 12.3. The molecule has 0 spiro atoms. The predicted molar refractivity (Wildman–Crippen MR) is 151 cm³/mol. The van der Waals surface area contributed by atoms with E-state index in [1.54, 1.807) is 21.3 Å². The third-order valence-corrected chi connectivity index (χ3v) is 6.72. The summed E-state index contributed by atoms with van der Waals surface area (Å²) in [4.78, 5) is 5.56. The first kappa shape index (κ1) is 25.4. The smallest absolute Gasteiger partial charge is 0.173 e. The average Bonchev–Trinajstić information content (AvgIpc) is 3.29. The van der Waals surface area contributed by atoms with Crippen molar-refractivity contribution in [3.05, 3.63) is 83.0 Å². The minimum absolute atomic E-state index is 0.628. The number of aromatic amines is 1. The van der Waals surface area contributed by atoms with Gasteiger partial charge in [0.2, 0.25) is 0 Å². The molecule has 0 aliphatic heterocycles. The minimum Gasteiger partial charge on any atom is -0.497 e. The maximum atomic E-state index is 5.92. The van der Waals surface area contributed by atoms with Crippen molar-refractivity contribution in [2.45, 2.75) is 26.8 Å². The van der Waals surface area contributed by atoms with E-state index in [1.165, 1.54) is 11.1 Å². The van der Waals surface area contributed by atoms with E-state index in [0.29, 0.717) is 23.2 Å². The Balaban J connectivity index is 1.59. The first-order chi connectivity index (χ1) is 17.4. The Bertz CT molecular complexity index is 1370. The number of nitrogens with zero attached hydrogens (tertiary/aromatic N) is 1. The largest absolute Gasteiger partial charge is 0.497 e. The fraction of sp³-hybridized carbons (Fsp3) is 0.276. The van der Waals surface area contributed by atoms with Crippen molar-refractivity contribution in [3.8, 4) is 17.2 Å². The van der Waals surface area contributed by atoms with Gasteiger partial charge >= 0.3 is 0 Å². The Morgan fingerprint density at radius 2 is 1.72 bits per heavy atom. The molecular weight excluding hydrogens is 470 g/mol. The Morgan fingerprint density at radius 3 is 2.44 bits per heavy atom. The molecule has 0 aliphatic rings. The molecule has 36 heavy (non-hydrogen) atoms. The Hall–Kier alpha value is -3.71. The van der Waals surface area contributed by atoms with Gasteiger partial charge in [0.1, 0.15) is 5.75 Å². The number of hydrogen-bond acceptors (Lipinski definition) is 4. The molecule has 4 aromatic rings. The van der Waals surface area contributed by atoms with Crippen molar-refractivity contribution < 1.29 is 14.2 Å². The van der Waals surface area contributed by atoms with Crippen molar-refractivity contribution >= 4 is 33.9 Å². The monoisotopic (exact) mass is 503 g/mol. The van der Waals surface area contributed by atoms with Gasteiger partial charge in [0.15, 0.2) is 16.6 Å². The van der Waals surface area contributed by atoms with Gasteiger partial charge in [-0.25, -0.2) is 0 Å². The molecule has 1 aromatic heterocycles. The second-order valence-corrected chi connectivity index (χ2v) is 9.22. The summed E-state index contributed by atoms with van der Waals surface area (Å²) >= 11 is 5.92. The van der Waals surface area contributed by atoms with Gasteiger partial charge in [0.05, 0.1) is 21.3 Å². The van der Waals surface area contributed by atoms with Gasteiger partial charge in [-0.05, 0) is 85.6 Å². The molecule has 1 heterocycles. The van der Waals surface area contributed by atoms with E-state index in [-0.39, 0.29) is 0 Å². The van der Waals surface area contributed by atoms with Crippen LogP contribution in [0.3, 0.4) is 0 Å². The van der Waals surface area contributed by atoms with Crippen LogP contribution < -0.4 is 19.5 Å². The predicted octanol–water partition coefficient (Wildman–Crippen LogP) is 6.25. The number of fused-ring (bicyclic) bond motifs is 1. The SMILES string of the molecule is COc1ccc2[nH]cc(CCN(Cc3ccc(OC)c(OC)c3)C(=S)Nc3ccc(C)cc3C)c2c1. The minimum atomic E-state index is 0.628. The van der Waals surface area contributed by atoms with Crippen LogP contribution in [0.25, 0.3) is 10.9 Å². The molecule has 6 nitrogen and oxygen atoms in total. The lowest BCUT2D eigenvalue weighted by Crippen LogP contribution is -2.36. The first-order valence-electron chi connectivity index (χ1n) is 11.9. The van der Waals surface area contributed by atoms with Crippen LogP contribution in [0.1, 0.15) is 22.3 Å². The lowest BCUT2D eigenvalue weighted by Gasteiger charge is -2.27. The molecule has 0 atom stereocenters. The molecule has 0 aliphatic carbocycles. The highest BCUT2D eigenvalue weighted by Gasteiger charge is 2.15. The molecule has 0 saturated carbocycles. The number of aryl methyl sites for hydroxylation is 2. The fourth-order valence-electron chi connectivity index (χ4n) is 4.35. The number of thiocarbonyl (C=S) groups is 1. The summed E-state index contributed by atoms with van der Waals surface area (Å²) in [5.74, 6) is 2.25. The Kier molecular flexibility index (Phi) is 8.00. The summed E-state index contributed by atoms with van der Waals surface area (Å²) in [6.07, 6.45) is 2.88. The van der Waals surface area contributed by atoms with Crippen LogP contribution in [0.15, 0.2) is 60.8 Å². The number of benzene rings is 3. The molecule has 3 aromatic carbocycles. The van der Waals surface area contributed by atoms with E-state index in [0.717, 1.165) is 46.4 Å². The zero-order valence-corrected chi connectivity index (χ0v) is 22.3. The van der Waals surface area contributed by atoms with Crippen LogP contribution in [-0.4, -0.2) is 42.9 Å². The van der Waals surface area contributed by atoms with Crippen LogP contribution in [0.5, 0.6) is 17.2 Å². The van der Waals surface area contributed by atoms with E-state index < -0.39 is 0 Å². The average molecular weight is 504 g/mol. The Labute approximate surface area is 218 Å². The second kappa shape index (κ2) is 11.4. The second-order valence-electron chi connectivity index (χ2n) is 8.83. The van der Waals surface area contributed by atoms with Crippen molar-refractivity contribution in [3.63, 3.8) is 0 Å². The normalized spacial score (nSPS) is 10.8. The van der Waals surface area contributed by atoms with Gasteiger partial charge in [0, 0.05) is 35.9 Å². The summed E-state index contributed by atoms with van der Waals surface area (Å²) < 4.78 is 16.4. The van der Waals surface area contributed by atoms with E-state index in [2.05, 4.69) is 59.5 Å². The molecule has 0 amide bonds. The number of H-pyrrole nitrogens is 1. The number of rotatable bonds is 9. The summed E-state index contributed by atoms with van der Waals surface area (Å²) in [6, 6.07) is 18.4. The molecule has 188 valence electrons.